The first-order valence-electron chi connectivity index (χ1n) is 6.65. The van der Waals surface area contributed by atoms with E-state index in [1.165, 1.54) is 4.90 Å². The Kier molecular flexibility index (Phi) is 6.68. The third-order valence-corrected chi connectivity index (χ3v) is 2.67. The van der Waals surface area contributed by atoms with Gasteiger partial charge in [-0.15, -0.1) is 0 Å². The van der Waals surface area contributed by atoms with E-state index < -0.39 is 18.2 Å². The summed E-state index contributed by atoms with van der Waals surface area (Å²) in [5.74, 6) is -2.03. The summed E-state index contributed by atoms with van der Waals surface area (Å²) >= 11 is 0. The third kappa shape index (κ3) is 6.02. The molecule has 0 saturated heterocycles. The number of ether oxygens (including phenoxy) is 1. The first-order valence-corrected chi connectivity index (χ1v) is 6.65. The van der Waals surface area contributed by atoms with Crippen molar-refractivity contribution in [1.82, 2.24) is 10.2 Å². The summed E-state index contributed by atoms with van der Waals surface area (Å²) in [5.41, 5.74) is 0.803. The highest BCUT2D eigenvalue weighted by Crippen LogP contribution is 2.14. The summed E-state index contributed by atoms with van der Waals surface area (Å²) in [6, 6.07) is 8.93. The quantitative estimate of drug-likeness (QED) is 0.876. The summed E-state index contributed by atoms with van der Waals surface area (Å²) < 4.78 is 41.1. The Morgan fingerprint density at radius 2 is 1.86 bits per heavy atom. The summed E-state index contributed by atoms with van der Waals surface area (Å²) in [5, 5.41) is 1.72. The highest BCUT2D eigenvalue weighted by molar-refractivity contribution is 5.81. The molecule has 5 nitrogen and oxygen atoms in total. The maximum Gasteiger partial charge on any atom is 0.471 e. The van der Waals surface area contributed by atoms with Crippen molar-refractivity contribution in [2.24, 2.45) is 0 Å². The number of amides is 2. The van der Waals surface area contributed by atoms with Crippen LogP contribution in [0.1, 0.15) is 12.5 Å². The fourth-order valence-electron chi connectivity index (χ4n) is 1.66. The Balaban J connectivity index is 2.59. The van der Waals surface area contributed by atoms with Crippen LogP contribution in [0.25, 0.3) is 0 Å². The summed E-state index contributed by atoms with van der Waals surface area (Å²) in [6.45, 7) is 1.56. The van der Waals surface area contributed by atoms with Gasteiger partial charge in [-0.2, -0.15) is 13.2 Å². The molecule has 2 amide bonds. The van der Waals surface area contributed by atoms with Crippen LogP contribution in [0.15, 0.2) is 30.3 Å². The molecule has 0 atom stereocenters. The number of hydrogen-bond donors (Lipinski definition) is 1. The lowest BCUT2D eigenvalue weighted by Gasteiger charge is -2.22. The van der Waals surface area contributed by atoms with Crippen LogP contribution >= 0.6 is 0 Å². The Morgan fingerprint density at radius 1 is 1.23 bits per heavy atom. The predicted octanol–water partition coefficient (Wildman–Crippen LogP) is 2.32. The first-order chi connectivity index (χ1) is 10.3. The molecule has 8 heteroatoms. The van der Waals surface area contributed by atoms with E-state index >= 15 is 0 Å². The van der Waals surface area contributed by atoms with Crippen LogP contribution in [-0.4, -0.2) is 42.8 Å². The molecule has 1 aromatic carbocycles. The molecule has 0 aliphatic heterocycles. The van der Waals surface area contributed by atoms with Crippen LogP contribution in [0.2, 0.25) is 0 Å². The average Bonchev–Trinajstić information content (AvgIpc) is 2.46. The van der Waals surface area contributed by atoms with E-state index in [0.29, 0.717) is 0 Å². The fourth-order valence-corrected chi connectivity index (χ4v) is 1.66. The molecule has 0 unspecified atom stereocenters. The molecule has 0 aliphatic carbocycles. The van der Waals surface area contributed by atoms with Gasteiger partial charge in [0.15, 0.2) is 0 Å². The number of nitrogens with zero attached hydrogens (tertiary/aromatic N) is 1. The lowest BCUT2D eigenvalue weighted by molar-refractivity contribution is -0.173. The molecule has 0 bridgehead atoms. The number of benzene rings is 1. The molecule has 0 spiro atoms. The number of carbonyl (C=O) groups excluding carboxylic acids is 2. The van der Waals surface area contributed by atoms with Crippen molar-refractivity contribution in [2.45, 2.75) is 19.6 Å². The van der Waals surface area contributed by atoms with E-state index in [2.05, 4.69) is 0 Å². The zero-order valence-corrected chi connectivity index (χ0v) is 12.0. The molecule has 0 aliphatic rings. The van der Waals surface area contributed by atoms with E-state index in [0.717, 1.165) is 5.56 Å². The second-order valence-electron chi connectivity index (χ2n) is 4.36. The van der Waals surface area contributed by atoms with Crippen molar-refractivity contribution in [2.75, 3.05) is 19.7 Å². The lowest BCUT2D eigenvalue weighted by Crippen LogP contribution is -2.42. The van der Waals surface area contributed by atoms with E-state index in [4.69, 9.17) is 4.74 Å². The van der Waals surface area contributed by atoms with E-state index in [-0.39, 0.29) is 26.2 Å². The molecular weight excluding hydrogens is 301 g/mol. The highest BCUT2D eigenvalue weighted by Gasteiger charge is 2.38. The number of hydrogen-bond acceptors (Lipinski definition) is 3. The van der Waals surface area contributed by atoms with Crippen LogP contribution in [-0.2, 0) is 16.1 Å². The third-order valence-electron chi connectivity index (χ3n) is 2.67. The number of alkyl halides is 3. The van der Waals surface area contributed by atoms with Gasteiger partial charge < -0.3 is 15.0 Å². The van der Waals surface area contributed by atoms with Crippen molar-refractivity contribution >= 4 is 12.0 Å². The van der Waals surface area contributed by atoms with Gasteiger partial charge in [0.05, 0.1) is 6.61 Å². The molecule has 0 saturated carbocycles. The normalized spacial score (nSPS) is 10.9. The number of nitrogens with one attached hydrogen (secondary N) is 1. The molecule has 0 radical (unpaired) electrons. The van der Waals surface area contributed by atoms with Gasteiger partial charge in [0.2, 0.25) is 0 Å². The monoisotopic (exact) mass is 318 g/mol. The molecular formula is C14H17F3N2O3. The van der Waals surface area contributed by atoms with Gasteiger partial charge in [-0.25, -0.2) is 4.79 Å². The van der Waals surface area contributed by atoms with Crippen LogP contribution in [0, 0.1) is 0 Å². The van der Waals surface area contributed by atoms with Gasteiger partial charge in [0.25, 0.3) is 0 Å². The minimum Gasteiger partial charge on any atom is -0.450 e. The van der Waals surface area contributed by atoms with Gasteiger partial charge >= 0.3 is 18.2 Å². The van der Waals surface area contributed by atoms with Gasteiger partial charge in [0, 0.05) is 19.6 Å². The maximum absolute atomic E-state index is 12.1. The van der Waals surface area contributed by atoms with Crippen LogP contribution in [0.3, 0.4) is 0 Å². The summed E-state index contributed by atoms with van der Waals surface area (Å²) in [6.07, 6.45) is -5.58. The molecule has 0 heterocycles. The molecule has 1 aromatic rings. The SMILES string of the molecule is CCOC(=O)N(CCNC(=O)C(F)(F)F)Cc1ccccc1. The minimum atomic E-state index is -4.94. The van der Waals surface area contributed by atoms with Crippen LogP contribution < -0.4 is 5.32 Å². The molecule has 122 valence electrons. The largest absolute Gasteiger partial charge is 0.471 e. The van der Waals surface area contributed by atoms with Crippen LogP contribution in [0.5, 0.6) is 0 Å². The molecule has 22 heavy (non-hydrogen) atoms. The topological polar surface area (TPSA) is 58.6 Å². The number of carbonyl (C=O) groups is 2. The number of halogens is 3. The van der Waals surface area contributed by atoms with Gasteiger partial charge in [0.1, 0.15) is 0 Å². The Morgan fingerprint density at radius 3 is 2.41 bits per heavy atom. The van der Waals surface area contributed by atoms with E-state index in [1.807, 2.05) is 6.07 Å². The zero-order chi connectivity index (χ0) is 16.6. The van der Waals surface area contributed by atoms with E-state index in [9.17, 15) is 22.8 Å². The Hall–Kier alpha value is -2.25. The first kappa shape index (κ1) is 17.8. The molecule has 0 fully saturated rings. The predicted molar refractivity (Wildman–Crippen MR) is 72.9 cm³/mol. The molecule has 0 aromatic heterocycles. The van der Waals surface area contributed by atoms with Crippen molar-refractivity contribution in [3.05, 3.63) is 35.9 Å². The maximum atomic E-state index is 12.1. The van der Waals surface area contributed by atoms with E-state index in [1.54, 1.807) is 36.5 Å². The Labute approximate surface area is 126 Å². The summed E-state index contributed by atoms with van der Waals surface area (Å²) in [7, 11) is 0. The van der Waals surface area contributed by atoms with Gasteiger partial charge in [-0.05, 0) is 12.5 Å². The van der Waals surface area contributed by atoms with Crippen molar-refractivity contribution in [3.63, 3.8) is 0 Å². The smallest absolute Gasteiger partial charge is 0.450 e. The second-order valence-corrected chi connectivity index (χ2v) is 4.36. The molecule has 1 N–H and O–H groups in total. The van der Waals surface area contributed by atoms with Crippen molar-refractivity contribution < 1.29 is 27.5 Å². The standard InChI is InChI=1S/C14H17F3N2O3/c1-2-22-13(21)19(10-11-6-4-3-5-7-11)9-8-18-12(20)14(15,16)17/h3-7H,2,8-10H2,1H3,(H,18,20). The Bertz CT molecular complexity index is 492. The van der Waals surface area contributed by atoms with Crippen molar-refractivity contribution in [1.29, 1.82) is 0 Å². The molecule has 1 rings (SSSR count). The van der Waals surface area contributed by atoms with Crippen molar-refractivity contribution in [3.8, 4) is 0 Å². The zero-order valence-electron chi connectivity index (χ0n) is 12.0. The number of rotatable bonds is 6. The minimum absolute atomic E-state index is 0.0878. The fraction of sp³-hybridized carbons (Fsp3) is 0.429. The highest BCUT2D eigenvalue weighted by atomic mass is 19.4. The second kappa shape index (κ2) is 8.26. The lowest BCUT2D eigenvalue weighted by atomic mass is 10.2. The average molecular weight is 318 g/mol. The summed E-state index contributed by atoms with van der Waals surface area (Å²) in [4.78, 5) is 23.7. The van der Waals surface area contributed by atoms with Gasteiger partial charge in [-0.1, -0.05) is 30.3 Å². The van der Waals surface area contributed by atoms with Gasteiger partial charge in [-0.3, -0.25) is 4.79 Å². The van der Waals surface area contributed by atoms with Crippen LogP contribution in [0.4, 0.5) is 18.0 Å².